The van der Waals surface area contributed by atoms with Gasteiger partial charge in [-0.2, -0.15) is 0 Å². The van der Waals surface area contributed by atoms with Gasteiger partial charge in [-0.25, -0.2) is 4.79 Å². The van der Waals surface area contributed by atoms with Crippen molar-refractivity contribution >= 4 is 17.6 Å². The fraction of sp³-hybridized carbons (Fsp3) is 0.556. The summed E-state index contributed by atoms with van der Waals surface area (Å²) in [6.07, 6.45) is 6.21. The van der Waals surface area contributed by atoms with Crippen LogP contribution in [0.3, 0.4) is 0 Å². The number of rotatable bonds is 2. The normalized spacial score (nSPS) is 20.3. The minimum Gasteiger partial charge on any atom is -0.335 e. The number of amides is 3. The van der Waals surface area contributed by atoms with Crippen LogP contribution in [0.5, 0.6) is 0 Å². The fourth-order valence-electron chi connectivity index (χ4n) is 3.42. The van der Waals surface area contributed by atoms with Gasteiger partial charge in [0.25, 0.3) is 0 Å². The zero-order valence-corrected chi connectivity index (χ0v) is 13.5. The maximum absolute atomic E-state index is 12.5. The van der Waals surface area contributed by atoms with E-state index < -0.39 is 0 Å². The van der Waals surface area contributed by atoms with E-state index in [4.69, 9.17) is 0 Å². The van der Waals surface area contributed by atoms with Gasteiger partial charge in [0.1, 0.15) is 0 Å². The molecule has 124 valence electrons. The highest BCUT2D eigenvalue weighted by molar-refractivity contribution is 5.94. The molecule has 0 radical (unpaired) electrons. The summed E-state index contributed by atoms with van der Waals surface area (Å²) in [6, 6.07) is 9.98. The van der Waals surface area contributed by atoms with Gasteiger partial charge in [0.05, 0.1) is 0 Å². The highest BCUT2D eigenvalue weighted by atomic mass is 16.2. The Morgan fingerprint density at radius 2 is 1.74 bits per heavy atom. The third-order valence-electron chi connectivity index (χ3n) is 4.78. The van der Waals surface area contributed by atoms with Gasteiger partial charge in [-0.15, -0.1) is 0 Å². The fourth-order valence-corrected chi connectivity index (χ4v) is 3.42. The van der Waals surface area contributed by atoms with Crippen LogP contribution >= 0.6 is 0 Å². The van der Waals surface area contributed by atoms with Crippen LogP contribution in [0.25, 0.3) is 0 Å². The van der Waals surface area contributed by atoms with Gasteiger partial charge in [-0.1, -0.05) is 37.5 Å². The molecular weight excluding hydrogens is 290 g/mol. The molecule has 5 heteroatoms. The number of benzene rings is 1. The van der Waals surface area contributed by atoms with Crippen molar-refractivity contribution < 1.29 is 9.59 Å². The molecule has 1 aliphatic heterocycles. The third-order valence-corrected chi connectivity index (χ3v) is 4.78. The molecule has 3 rings (SSSR count). The summed E-state index contributed by atoms with van der Waals surface area (Å²) < 4.78 is 0. The summed E-state index contributed by atoms with van der Waals surface area (Å²) in [5, 5.41) is 3.14. The van der Waals surface area contributed by atoms with Crippen LogP contribution in [0.15, 0.2) is 30.3 Å². The highest BCUT2D eigenvalue weighted by Crippen LogP contribution is 2.19. The quantitative estimate of drug-likeness (QED) is 0.912. The zero-order valence-electron chi connectivity index (χ0n) is 13.5. The molecule has 23 heavy (non-hydrogen) atoms. The average molecular weight is 315 g/mol. The molecule has 0 aromatic heterocycles. The van der Waals surface area contributed by atoms with E-state index >= 15 is 0 Å². The molecular formula is C18H25N3O2. The molecule has 1 aliphatic carbocycles. The van der Waals surface area contributed by atoms with Crippen molar-refractivity contribution in [1.29, 1.82) is 0 Å². The van der Waals surface area contributed by atoms with E-state index in [9.17, 15) is 9.59 Å². The van der Waals surface area contributed by atoms with E-state index in [2.05, 4.69) is 5.32 Å². The van der Waals surface area contributed by atoms with Crippen molar-refractivity contribution in [2.45, 2.75) is 44.6 Å². The van der Waals surface area contributed by atoms with E-state index in [1.165, 1.54) is 19.3 Å². The number of hydrogen-bond acceptors (Lipinski definition) is 2. The molecule has 2 aliphatic rings. The largest absolute Gasteiger partial charge is 0.335 e. The van der Waals surface area contributed by atoms with Crippen molar-refractivity contribution in [2.75, 3.05) is 24.5 Å². The lowest BCUT2D eigenvalue weighted by Crippen LogP contribution is -2.46. The second-order valence-corrected chi connectivity index (χ2v) is 6.40. The van der Waals surface area contributed by atoms with Crippen molar-refractivity contribution in [3.8, 4) is 0 Å². The van der Waals surface area contributed by atoms with E-state index in [1.807, 2.05) is 30.3 Å². The molecule has 1 saturated heterocycles. The molecule has 1 N–H and O–H groups in total. The summed E-state index contributed by atoms with van der Waals surface area (Å²) in [5.74, 6) is 0.0872. The number of urea groups is 1. The van der Waals surface area contributed by atoms with E-state index in [1.54, 1.807) is 9.80 Å². The smallest absolute Gasteiger partial charge is 0.317 e. The van der Waals surface area contributed by atoms with Gasteiger partial charge in [0.15, 0.2) is 0 Å². The van der Waals surface area contributed by atoms with Crippen LogP contribution in [0, 0.1) is 0 Å². The first kappa shape index (κ1) is 15.8. The topological polar surface area (TPSA) is 52.7 Å². The second-order valence-electron chi connectivity index (χ2n) is 6.40. The van der Waals surface area contributed by atoms with Crippen LogP contribution in [-0.4, -0.2) is 42.5 Å². The van der Waals surface area contributed by atoms with Gasteiger partial charge in [-0.3, -0.25) is 4.79 Å². The average Bonchev–Trinajstić information content (AvgIpc) is 2.78. The van der Waals surface area contributed by atoms with Gasteiger partial charge in [-0.05, 0) is 25.0 Å². The molecule has 0 unspecified atom stereocenters. The molecule has 0 spiro atoms. The van der Waals surface area contributed by atoms with Crippen LogP contribution in [0.1, 0.15) is 38.5 Å². The SMILES string of the molecule is O=C(NC1CCCCC1)N1CCC(=O)N(c2ccccc2)CC1. The molecule has 1 saturated carbocycles. The minimum absolute atomic E-state index is 0.0142. The second kappa shape index (κ2) is 7.49. The Balaban J connectivity index is 1.59. The Kier molecular flexibility index (Phi) is 5.16. The van der Waals surface area contributed by atoms with Crippen LogP contribution in [0.4, 0.5) is 10.5 Å². The highest BCUT2D eigenvalue weighted by Gasteiger charge is 2.26. The minimum atomic E-state index is -0.0142. The Bertz CT molecular complexity index is 540. The molecule has 0 bridgehead atoms. The van der Waals surface area contributed by atoms with Gasteiger partial charge in [0.2, 0.25) is 5.91 Å². The first-order valence-corrected chi connectivity index (χ1v) is 8.65. The first-order chi connectivity index (χ1) is 11.2. The summed E-state index contributed by atoms with van der Waals surface area (Å²) in [4.78, 5) is 28.4. The lowest BCUT2D eigenvalue weighted by molar-refractivity contribution is -0.118. The van der Waals surface area contributed by atoms with E-state index in [0.717, 1.165) is 18.5 Å². The number of carbonyl (C=O) groups is 2. The van der Waals surface area contributed by atoms with E-state index in [-0.39, 0.29) is 11.9 Å². The third kappa shape index (κ3) is 4.03. The maximum Gasteiger partial charge on any atom is 0.317 e. The van der Waals surface area contributed by atoms with Gasteiger partial charge >= 0.3 is 6.03 Å². The zero-order chi connectivity index (χ0) is 16.1. The Hall–Kier alpha value is -2.04. The lowest BCUT2D eigenvalue weighted by atomic mass is 9.96. The summed E-state index contributed by atoms with van der Waals surface area (Å²) >= 11 is 0. The maximum atomic E-state index is 12.5. The lowest BCUT2D eigenvalue weighted by Gasteiger charge is -2.27. The van der Waals surface area contributed by atoms with Gasteiger partial charge in [0, 0.05) is 37.8 Å². The van der Waals surface area contributed by atoms with E-state index in [0.29, 0.717) is 32.1 Å². The van der Waals surface area contributed by atoms with Crippen molar-refractivity contribution in [2.24, 2.45) is 0 Å². The van der Waals surface area contributed by atoms with Crippen LogP contribution in [0.2, 0.25) is 0 Å². The summed E-state index contributed by atoms with van der Waals surface area (Å²) in [6.45, 7) is 1.64. The monoisotopic (exact) mass is 315 g/mol. The van der Waals surface area contributed by atoms with Crippen molar-refractivity contribution in [3.05, 3.63) is 30.3 Å². The van der Waals surface area contributed by atoms with Crippen LogP contribution in [-0.2, 0) is 4.79 Å². The number of hydrogen-bond donors (Lipinski definition) is 1. The summed E-state index contributed by atoms with van der Waals surface area (Å²) in [7, 11) is 0. The summed E-state index contributed by atoms with van der Waals surface area (Å²) in [5.41, 5.74) is 0.909. The molecule has 1 heterocycles. The number of anilines is 1. The standard InChI is InChI=1S/C18H25N3O2/c22-17-11-12-20(18(23)19-15-7-3-1-4-8-15)13-14-21(17)16-9-5-2-6-10-16/h2,5-6,9-10,15H,1,3-4,7-8,11-14H2,(H,19,23). The molecule has 0 atom stereocenters. The van der Waals surface area contributed by atoms with Crippen LogP contribution < -0.4 is 10.2 Å². The molecule has 5 nitrogen and oxygen atoms in total. The Labute approximate surface area is 137 Å². The molecule has 3 amide bonds. The molecule has 2 fully saturated rings. The first-order valence-electron chi connectivity index (χ1n) is 8.65. The van der Waals surface area contributed by atoms with Crippen molar-refractivity contribution in [3.63, 3.8) is 0 Å². The predicted octanol–water partition coefficient (Wildman–Crippen LogP) is 2.77. The molecule has 1 aromatic carbocycles. The van der Waals surface area contributed by atoms with Gasteiger partial charge < -0.3 is 15.1 Å². The van der Waals surface area contributed by atoms with Crippen molar-refractivity contribution in [1.82, 2.24) is 10.2 Å². The number of nitrogens with zero attached hydrogens (tertiary/aromatic N) is 2. The number of para-hydroxylation sites is 1. The predicted molar refractivity (Wildman–Crippen MR) is 90.4 cm³/mol. The Morgan fingerprint density at radius 3 is 2.48 bits per heavy atom. The number of nitrogens with one attached hydrogen (secondary N) is 1. The molecule has 1 aromatic rings. The number of carbonyl (C=O) groups excluding carboxylic acids is 2. The Morgan fingerprint density at radius 1 is 1.00 bits per heavy atom.